The van der Waals surface area contributed by atoms with E-state index in [1.807, 2.05) is 11.0 Å². The van der Waals surface area contributed by atoms with Crippen LogP contribution in [-0.4, -0.2) is 50.6 Å². The predicted octanol–water partition coefficient (Wildman–Crippen LogP) is 3.04. The van der Waals surface area contributed by atoms with Gasteiger partial charge in [-0.1, -0.05) is 31.0 Å². The molecule has 1 aromatic carbocycles. The minimum Gasteiger partial charge on any atom is -0.332 e. The van der Waals surface area contributed by atoms with Gasteiger partial charge in [-0.2, -0.15) is 0 Å². The van der Waals surface area contributed by atoms with Crippen LogP contribution in [0.15, 0.2) is 24.3 Å². The van der Waals surface area contributed by atoms with Crippen molar-refractivity contribution in [2.45, 2.75) is 63.1 Å². The van der Waals surface area contributed by atoms with Gasteiger partial charge >= 0.3 is 0 Å². The molecular weight excluding hydrogens is 369 g/mol. The van der Waals surface area contributed by atoms with Gasteiger partial charge in [-0.3, -0.25) is 9.69 Å². The second kappa shape index (κ2) is 7.20. The van der Waals surface area contributed by atoms with Gasteiger partial charge < -0.3 is 9.47 Å². The van der Waals surface area contributed by atoms with Crippen molar-refractivity contribution in [3.05, 3.63) is 47.3 Å². The number of nitrogens with zero attached hydrogens (tertiary/aromatic N) is 5. The molecule has 1 saturated heterocycles. The fraction of sp³-hybridized carbons (Fsp3) is 0.591. The van der Waals surface area contributed by atoms with Crippen LogP contribution >= 0.6 is 0 Å². The van der Waals surface area contributed by atoms with Gasteiger partial charge in [0.25, 0.3) is 0 Å². The zero-order valence-electron chi connectivity index (χ0n) is 17.0. The Labute approximate surface area is 170 Å². The van der Waals surface area contributed by atoms with Crippen molar-refractivity contribution >= 4 is 5.91 Å². The van der Waals surface area contributed by atoms with E-state index in [1.165, 1.54) is 6.07 Å². The number of likely N-dealkylation sites (N-methyl/N-ethyl adjacent to an activating group) is 1. The van der Waals surface area contributed by atoms with E-state index in [-0.39, 0.29) is 17.8 Å². The van der Waals surface area contributed by atoms with Crippen molar-refractivity contribution < 1.29 is 9.18 Å². The summed E-state index contributed by atoms with van der Waals surface area (Å²) in [6.45, 7) is 3.30. The highest BCUT2D eigenvalue weighted by Crippen LogP contribution is 2.46. The maximum atomic E-state index is 14.8. The van der Waals surface area contributed by atoms with Crippen molar-refractivity contribution in [3.63, 3.8) is 0 Å². The Morgan fingerprint density at radius 3 is 2.69 bits per heavy atom. The molecule has 5 rings (SSSR count). The molecule has 1 aliphatic carbocycles. The van der Waals surface area contributed by atoms with Gasteiger partial charge in [0, 0.05) is 25.2 Å². The maximum absolute atomic E-state index is 14.8. The summed E-state index contributed by atoms with van der Waals surface area (Å²) in [5.74, 6) is 1.69. The predicted molar refractivity (Wildman–Crippen MR) is 107 cm³/mol. The molecule has 1 aromatic heterocycles. The lowest BCUT2D eigenvalue weighted by Gasteiger charge is -2.36. The highest BCUT2D eigenvalue weighted by molar-refractivity contribution is 5.89. The Balaban J connectivity index is 1.50. The summed E-state index contributed by atoms with van der Waals surface area (Å²) in [5.41, 5.74) is -0.170. The number of halogens is 1. The molecule has 3 aliphatic rings. The molecule has 2 fully saturated rings. The summed E-state index contributed by atoms with van der Waals surface area (Å²) in [5, 5.41) is 8.91. The minimum absolute atomic E-state index is 0.0589. The first kappa shape index (κ1) is 18.7. The van der Waals surface area contributed by atoms with Gasteiger partial charge in [0.15, 0.2) is 5.82 Å². The normalized spacial score (nSPS) is 24.1. The third kappa shape index (κ3) is 2.98. The van der Waals surface area contributed by atoms with Gasteiger partial charge in [-0.15, -0.1) is 10.2 Å². The van der Waals surface area contributed by atoms with Crippen LogP contribution in [0.1, 0.15) is 61.8 Å². The Morgan fingerprint density at radius 2 is 1.90 bits per heavy atom. The maximum Gasteiger partial charge on any atom is 0.233 e. The number of carbonyl (C=O) groups excluding carboxylic acids is 1. The van der Waals surface area contributed by atoms with Crippen molar-refractivity contribution in [2.24, 2.45) is 0 Å². The van der Waals surface area contributed by atoms with Crippen LogP contribution in [-0.2, 0) is 23.3 Å². The number of amides is 1. The van der Waals surface area contributed by atoms with E-state index in [0.29, 0.717) is 12.1 Å². The van der Waals surface area contributed by atoms with Crippen molar-refractivity contribution in [1.29, 1.82) is 0 Å². The van der Waals surface area contributed by atoms with E-state index in [9.17, 15) is 9.18 Å². The summed E-state index contributed by atoms with van der Waals surface area (Å²) in [4.78, 5) is 18.2. The average Bonchev–Trinajstić information content (AvgIpc) is 3.46. The second-order valence-electron chi connectivity index (χ2n) is 8.79. The lowest BCUT2D eigenvalue weighted by Crippen LogP contribution is -2.46. The standard InChI is InChI=1S/C22H28FN5O/c1-26-13-14-28-19(15-26)24-25-20(28)18-9-6-12-27(18)21(29)22(10-4-5-11-22)16-7-2-3-8-17(16)23/h2-3,7-8,18H,4-6,9-15H2,1H3/t18-/m0/s1. The topological polar surface area (TPSA) is 54.3 Å². The van der Waals surface area contributed by atoms with Crippen molar-refractivity contribution in [1.82, 2.24) is 24.6 Å². The van der Waals surface area contributed by atoms with Crippen molar-refractivity contribution in [3.8, 4) is 0 Å². The van der Waals surface area contributed by atoms with E-state index in [4.69, 9.17) is 0 Å². The Bertz CT molecular complexity index is 920. The fourth-order valence-electron chi connectivity index (χ4n) is 5.53. The molecule has 0 N–H and O–H groups in total. The number of carbonyl (C=O) groups is 1. The quantitative estimate of drug-likeness (QED) is 0.799. The molecule has 1 saturated carbocycles. The molecule has 154 valence electrons. The largest absolute Gasteiger partial charge is 0.332 e. The second-order valence-corrected chi connectivity index (χ2v) is 8.79. The highest BCUT2D eigenvalue weighted by atomic mass is 19.1. The van der Waals surface area contributed by atoms with Crippen LogP contribution in [0.25, 0.3) is 0 Å². The monoisotopic (exact) mass is 397 g/mol. The summed E-state index contributed by atoms with van der Waals surface area (Å²) >= 11 is 0. The first-order chi connectivity index (χ1) is 14.1. The van der Waals surface area contributed by atoms with Gasteiger partial charge in [0.1, 0.15) is 11.6 Å². The van der Waals surface area contributed by atoms with E-state index in [0.717, 1.165) is 69.8 Å². The first-order valence-corrected chi connectivity index (χ1v) is 10.8. The summed E-state index contributed by atoms with van der Waals surface area (Å²) in [7, 11) is 2.08. The third-order valence-corrected chi connectivity index (χ3v) is 7.04. The molecule has 1 amide bonds. The number of benzene rings is 1. The van der Waals surface area contributed by atoms with E-state index in [1.54, 1.807) is 12.1 Å². The van der Waals surface area contributed by atoms with Crippen molar-refractivity contribution in [2.75, 3.05) is 20.1 Å². The van der Waals surface area contributed by atoms with Gasteiger partial charge in [-0.05, 0) is 38.8 Å². The molecule has 0 spiro atoms. The summed E-state index contributed by atoms with van der Waals surface area (Å²) in [6, 6.07) is 6.77. The molecule has 7 heteroatoms. The zero-order valence-corrected chi connectivity index (χ0v) is 17.0. The summed E-state index contributed by atoms with van der Waals surface area (Å²) < 4.78 is 17.0. The number of likely N-dealkylation sites (tertiary alicyclic amines) is 1. The Hall–Kier alpha value is -2.28. The number of aromatic nitrogens is 3. The molecule has 1 atom stereocenters. The molecule has 6 nitrogen and oxygen atoms in total. The lowest BCUT2D eigenvalue weighted by molar-refractivity contribution is -0.138. The Morgan fingerprint density at radius 1 is 1.10 bits per heavy atom. The lowest BCUT2D eigenvalue weighted by atomic mass is 9.77. The third-order valence-electron chi connectivity index (χ3n) is 7.04. The first-order valence-electron chi connectivity index (χ1n) is 10.8. The number of rotatable bonds is 3. The fourth-order valence-corrected chi connectivity index (χ4v) is 5.53. The Kier molecular flexibility index (Phi) is 4.65. The van der Waals surface area contributed by atoms with Crippen LogP contribution < -0.4 is 0 Å². The molecule has 29 heavy (non-hydrogen) atoms. The number of fused-ring (bicyclic) bond motifs is 1. The minimum atomic E-state index is -0.737. The molecule has 2 aromatic rings. The highest BCUT2D eigenvalue weighted by Gasteiger charge is 2.49. The smallest absolute Gasteiger partial charge is 0.233 e. The molecule has 0 unspecified atom stereocenters. The molecule has 3 heterocycles. The van der Waals surface area contributed by atoms with Crippen LogP contribution in [0.5, 0.6) is 0 Å². The number of hydrogen-bond acceptors (Lipinski definition) is 4. The SMILES string of the molecule is CN1CCn2c(nnc2[C@@H]2CCCN2C(=O)C2(c3ccccc3F)CCCC2)C1. The van der Waals surface area contributed by atoms with Crippen LogP contribution in [0.3, 0.4) is 0 Å². The van der Waals surface area contributed by atoms with Crippen LogP contribution in [0.2, 0.25) is 0 Å². The van der Waals surface area contributed by atoms with Gasteiger partial charge in [-0.25, -0.2) is 4.39 Å². The molecule has 2 aliphatic heterocycles. The van der Waals surface area contributed by atoms with E-state index < -0.39 is 5.41 Å². The average molecular weight is 397 g/mol. The zero-order chi connectivity index (χ0) is 20.0. The summed E-state index contributed by atoms with van der Waals surface area (Å²) in [6.07, 6.45) is 5.22. The van der Waals surface area contributed by atoms with E-state index in [2.05, 4.69) is 26.7 Å². The molecular formula is C22H28FN5O. The van der Waals surface area contributed by atoms with Crippen LogP contribution in [0, 0.1) is 5.82 Å². The van der Waals surface area contributed by atoms with Crippen LogP contribution in [0.4, 0.5) is 4.39 Å². The molecule has 0 bridgehead atoms. The number of hydrogen-bond donors (Lipinski definition) is 0. The van der Waals surface area contributed by atoms with Gasteiger partial charge in [0.2, 0.25) is 5.91 Å². The van der Waals surface area contributed by atoms with E-state index >= 15 is 0 Å². The molecule has 0 radical (unpaired) electrons. The van der Waals surface area contributed by atoms with Gasteiger partial charge in [0.05, 0.1) is 18.0 Å².